The van der Waals surface area contributed by atoms with Crippen LogP contribution in [0.4, 0.5) is 0 Å². The lowest BCUT2D eigenvalue weighted by molar-refractivity contribution is 0.00964. The summed E-state index contributed by atoms with van der Waals surface area (Å²) in [6.07, 6.45) is 8.51. The maximum atomic E-state index is 5.82. The summed E-state index contributed by atoms with van der Waals surface area (Å²) in [4.78, 5) is 0. The zero-order chi connectivity index (χ0) is 7.95. The van der Waals surface area contributed by atoms with E-state index in [1.165, 1.54) is 38.5 Å². The minimum Gasteiger partial charge on any atom is -0.330 e. The Morgan fingerprint density at radius 3 is 1.82 bits per heavy atom. The molecule has 0 amide bonds. The van der Waals surface area contributed by atoms with Crippen LogP contribution in [0, 0.1) is 10.8 Å². The molecule has 3 saturated carbocycles. The van der Waals surface area contributed by atoms with Gasteiger partial charge in [0.2, 0.25) is 0 Å². The first-order chi connectivity index (χ1) is 5.18. The molecule has 1 nitrogen and oxygen atoms in total. The third kappa shape index (κ3) is 1.10. The highest BCUT2D eigenvalue weighted by atomic mass is 14.6. The van der Waals surface area contributed by atoms with Crippen molar-refractivity contribution in [1.82, 2.24) is 0 Å². The molecular formula is C10H19N. The molecule has 0 spiro atoms. The van der Waals surface area contributed by atoms with E-state index in [1.54, 1.807) is 0 Å². The quantitative estimate of drug-likeness (QED) is 0.614. The van der Waals surface area contributed by atoms with Crippen molar-refractivity contribution in [3.05, 3.63) is 0 Å². The highest BCUT2D eigenvalue weighted by molar-refractivity contribution is 4.97. The Balaban J connectivity index is 2.12. The van der Waals surface area contributed by atoms with E-state index in [0.717, 1.165) is 6.54 Å². The van der Waals surface area contributed by atoms with Crippen molar-refractivity contribution < 1.29 is 0 Å². The van der Waals surface area contributed by atoms with Gasteiger partial charge in [-0.1, -0.05) is 6.92 Å². The molecule has 2 N–H and O–H groups in total. The number of fused-ring (bicyclic) bond motifs is 3. The van der Waals surface area contributed by atoms with Crippen molar-refractivity contribution in [2.24, 2.45) is 16.6 Å². The fourth-order valence-electron chi connectivity index (χ4n) is 2.76. The van der Waals surface area contributed by atoms with Crippen LogP contribution >= 0.6 is 0 Å². The van der Waals surface area contributed by atoms with Crippen LogP contribution in [0.5, 0.6) is 0 Å². The molecule has 3 fully saturated rings. The second-order valence-corrected chi connectivity index (χ2v) is 5.01. The van der Waals surface area contributed by atoms with Crippen molar-refractivity contribution in [2.45, 2.75) is 45.4 Å². The van der Waals surface area contributed by atoms with Crippen molar-refractivity contribution in [3.8, 4) is 0 Å². The van der Waals surface area contributed by atoms with Gasteiger partial charge in [-0.2, -0.15) is 0 Å². The van der Waals surface area contributed by atoms with Gasteiger partial charge >= 0.3 is 0 Å². The predicted octanol–water partition coefficient (Wildman–Crippen LogP) is 2.31. The summed E-state index contributed by atoms with van der Waals surface area (Å²) in [5, 5.41) is 0. The second-order valence-electron chi connectivity index (χ2n) is 5.01. The van der Waals surface area contributed by atoms with E-state index in [0.29, 0.717) is 10.8 Å². The van der Waals surface area contributed by atoms with Crippen LogP contribution < -0.4 is 5.73 Å². The topological polar surface area (TPSA) is 26.0 Å². The van der Waals surface area contributed by atoms with Crippen molar-refractivity contribution in [2.75, 3.05) is 6.54 Å². The summed E-state index contributed by atoms with van der Waals surface area (Å²) < 4.78 is 0. The summed E-state index contributed by atoms with van der Waals surface area (Å²) in [6, 6.07) is 0. The van der Waals surface area contributed by atoms with Gasteiger partial charge in [0.1, 0.15) is 0 Å². The minimum absolute atomic E-state index is 0.581. The third-order valence-electron chi connectivity index (χ3n) is 4.21. The summed E-state index contributed by atoms with van der Waals surface area (Å²) in [5.41, 5.74) is 7.10. The smallest absolute Gasteiger partial charge is 0.00205 e. The van der Waals surface area contributed by atoms with Crippen molar-refractivity contribution in [3.63, 3.8) is 0 Å². The molecule has 2 bridgehead atoms. The minimum atomic E-state index is 0.581. The first kappa shape index (κ1) is 7.60. The van der Waals surface area contributed by atoms with Gasteiger partial charge in [-0.05, 0) is 55.9 Å². The maximum Gasteiger partial charge on any atom is -0.00205 e. The van der Waals surface area contributed by atoms with Gasteiger partial charge in [0.15, 0.2) is 0 Å². The van der Waals surface area contributed by atoms with Crippen LogP contribution in [0.2, 0.25) is 0 Å². The molecule has 0 radical (unpaired) electrons. The van der Waals surface area contributed by atoms with Crippen LogP contribution in [0.1, 0.15) is 45.4 Å². The maximum absolute atomic E-state index is 5.82. The average molecular weight is 153 g/mol. The Morgan fingerprint density at radius 1 is 1.00 bits per heavy atom. The first-order valence-corrected chi connectivity index (χ1v) is 4.88. The fourth-order valence-corrected chi connectivity index (χ4v) is 2.76. The standard InChI is InChI=1S/C10H19N/c1-9-2-5-10(8-11,6-3-9)7-4-9/h2-8,11H2,1H3. The highest BCUT2D eigenvalue weighted by Gasteiger charge is 2.44. The fraction of sp³-hybridized carbons (Fsp3) is 1.00. The zero-order valence-corrected chi connectivity index (χ0v) is 7.53. The van der Waals surface area contributed by atoms with E-state index in [1.807, 2.05) is 0 Å². The van der Waals surface area contributed by atoms with Gasteiger partial charge < -0.3 is 5.73 Å². The molecule has 0 saturated heterocycles. The normalized spacial score (nSPS) is 49.6. The molecular weight excluding hydrogens is 134 g/mol. The number of rotatable bonds is 1. The molecule has 0 aromatic carbocycles. The average Bonchev–Trinajstić information content (AvgIpc) is 2.07. The lowest BCUT2D eigenvalue weighted by atomic mass is 9.54. The van der Waals surface area contributed by atoms with Gasteiger partial charge in [0, 0.05) is 0 Å². The molecule has 11 heavy (non-hydrogen) atoms. The molecule has 3 aliphatic rings. The Kier molecular flexibility index (Phi) is 1.54. The molecule has 0 aliphatic heterocycles. The van der Waals surface area contributed by atoms with E-state index in [9.17, 15) is 0 Å². The van der Waals surface area contributed by atoms with Crippen LogP contribution in [-0.2, 0) is 0 Å². The molecule has 0 atom stereocenters. The van der Waals surface area contributed by atoms with Gasteiger partial charge in [0.25, 0.3) is 0 Å². The van der Waals surface area contributed by atoms with Gasteiger partial charge in [0.05, 0.1) is 0 Å². The SMILES string of the molecule is CC12CCC(CN)(CC1)CC2. The first-order valence-electron chi connectivity index (χ1n) is 4.88. The van der Waals surface area contributed by atoms with Gasteiger partial charge in [-0.3, -0.25) is 0 Å². The Labute approximate surface area is 69.4 Å². The summed E-state index contributed by atoms with van der Waals surface area (Å²) >= 11 is 0. The largest absolute Gasteiger partial charge is 0.330 e. The van der Waals surface area contributed by atoms with E-state index < -0.39 is 0 Å². The highest BCUT2D eigenvalue weighted by Crippen LogP contribution is 2.55. The predicted molar refractivity (Wildman–Crippen MR) is 47.3 cm³/mol. The zero-order valence-electron chi connectivity index (χ0n) is 7.53. The lowest BCUT2D eigenvalue weighted by Crippen LogP contribution is -2.43. The Bertz CT molecular complexity index is 138. The van der Waals surface area contributed by atoms with Crippen molar-refractivity contribution in [1.29, 1.82) is 0 Å². The molecule has 1 heteroatoms. The summed E-state index contributed by atoms with van der Waals surface area (Å²) in [5.74, 6) is 0. The number of hydrogen-bond acceptors (Lipinski definition) is 1. The molecule has 3 rings (SSSR count). The Morgan fingerprint density at radius 2 is 1.45 bits per heavy atom. The second kappa shape index (κ2) is 2.22. The van der Waals surface area contributed by atoms with Crippen LogP contribution in [0.15, 0.2) is 0 Å². The van der Waals surface area contributed by atoms with E-state index in [2.05, 4.69) is 6.92 Å². The Hall–Kier alpha value is -0.0400. The molecule has 0 unspecified atom stereocenters. The summed E-state index contributed by atoms with van der Waals surface area (Å²) in [7, 11) is 0. The third-order valence-corrected chi connectivity index (χ3v) is 4.21. The molecule has 3 aliphatic carbocycles. The number of nitrogens with two attached hydrogens (primary N) is 1. The molecule has 64 valence electrons. The molecule has 0 aromatic heterocycles. The summed E-state index contributed by atoms with van der Waals surface area (Å²) in [6.45, 7) is 3.38. The van der Waals surface area contributed by atoms with Crippen LogP contribution in [0.25, 0.3) is 0 Å². The molecule has 0 heterocycles. The van der Waals surface area contributed by atoms with Crippen LogP contribution in [0.3, 0.4) is 0 Å². The number of hydrogen-bond donors (Lipinski definition) is 1. The van der Waals surface area contributed by atoms with E-state index in [-0.39, 0.29) is 0 Å². The van der Waals surface area contributed by atoms with E-state index in [4.69, 9.17) is 5.73 Å². The van der Waals surface area contributed by atoms with E-state index >= 15 is 0 Å². The van der Waals surface area contributed by atoms with Gasteiger partial charge in [-0.25, -0.2) is 0 Å². The lowest BCUT2D eigenvalue weighted by Gasteiger charge is -2.51. The van der Waals surface area contributed by atoms with Crippen molar-refractivity contribution >= 4 is 0 Å². The van der Waals surface area contributed by atoms with Crippen LogP contribution in [-0.4, -0.2) is 6.54 Å². The van der Waals surface area contributed by atoms with Gasteiger partial charge in [-0.15, -0.1) is 0 Å². The monoisotopic (exact) mass is 153 g/mol. The molecule has 0 aromatic rings.